The molecule has 8 heteroatoms. The molecule has 0 spiro atoms. The van der Waals surface area contributed by atoms with Crippen molar-refractivity contribution in [2.24, 2.45) is 0 Å². The van der Waals surface area contributed by atoms with Gasteiger partial charge in [0.25, 0.3) is 0 Å². The van der Waals surface area contributed by atoms with Crippen LogP contribution in [0.25, 0.3) is 0 Å². The fraction of sp³-hybridized carbons (Fsp3) is 0.667. The number of ether oxygens (including phenoxy) is 1. The van der Waals surface area contributed by atoms with Crippen molar-refractivity contribution in [3.05, 3.63) is 6.33 Å². The summed E-state index contributed by atoms with van der Waals surface area (Å²) < 4.78 is 43.3. The molecule has 1 heterocycles. The lowest BCUT2D eigenvalue weighted by molar-refractivity contribution is -0.120. The number of halogens is 3. The second kappa shape index (κ2) is 6.15. The molecule has 0 aliphatic heterocycles. The largest absolute Gasteiger partial charge is 0.473 e. The molecule has 5 nitrogen and oxygen atoms in total. The number of hydrogen-bond donors (Lipinski definition) is 1. The molecular weight excluding hydrogens is 273 g/mol. The molecule has 2 N–H and O–H groups in total. The van der Waals surface area contributed by atoms with E-state index in [4.69, 9.17) is 10.5 Å². The van der Waals surface area contributed by atoms with Gasteiger partial charge in [0.15, 0.2) is 5.82 Å². The van der Waals surface area contributed by atoms with E-state index in [9.17, 15) is 13.2 Å². The monoisotopic (exact) mass is 292 g/mol. The SMILES string of the molecule is CC(C)Oc1ncnc(N(CC(F)(F)F)C(C)C)c1N. The van der Waals surface area contributed by atoms with Gasteiger partial charge in [-0.15, -0.1) is 0 Å². The minimum atomic E-state index is -4.35. The highest BCUT2D eigenvalue weighted by Gasteiger charge is 2.33. The van der Waals surface area contributed by atoms with Gasteiger partial charge < -0.3 is 15.4 Å². The smallest absolute Gasteiger partial charge is 0.405 e. The van der Waals surface area contributed by atoms with Crippen LogP contribution in [-0.4, -0.2) is 34.8 Å². The molecule has 1 aromatic rings. The summed E-state index contributed by atoms with van der Waals surface area (Å²) in [6.45, 7) is 5.69. The van der Waals surface area contributed by atoms with Crippen molar-refractivity contribution in [3.8, 4) is 5.88 Å². The van der Waals surface area contributed by atoms with Crippen molar-refractivity contribution in [2.75, 3.05) is 17.2 Å². The Morgan fingerprint density at radius 2 is 1.85 bits per heavy atom. The topological polar surface area (TPSA) is 64.3 Å². The molecular formula is C12H19F3N4O. The zero-order valence-corrected chi connectivity index (χ0v) is 11.9. The van der Waals surface area contributed by atoms with Gasteiger partial charge in [-0.2, -0.15) is 18.2 Å². The zero-order chi connectivity index (χ0) is 15.5. The third kappa shape index (κ3) is 4.43. The van der Waals surface area contributed by atoms with Crippen molar-refractivity contribution in [1.29, 1.82) is 0 Å². The van der Waals surface area contributed by atoms with Crippen LogP contribution in [0.2, 0.25) is 0 Å². The molecule has 0 amide bonds. The first-order valence-corrected chi connectivity index (χ1v) is 6.22. The summed E-state index contributed by atoms with van der Waals surface area (Å²) in [6, 6.07) is -0.416. The average molecular weight is 292 g/mol. The number of nitrogens with zero attached hydrogens (tertiary/aromatic N) is 3. The van der Waals surface area contributed by atoms with Gasteiger partial charge in [-0.05, 0) is 27.7 Å². The lowest BCUT2D eigenvalue weighted by atomic mass is 10.3. The summed E-state index contributed by atoms with van der Waals surface area (Å²) in [5, 5.41) is 0. The van der Waals surface area contributed by atoms with Gasteiger partial charge in [0, 0.05) is 6.04 Å². The Morgan fingerprint density at radius 1 is 1.25 bits per heavy atom. The lowest BCUT2D eigenvalue weighted by Gasteiger charge is -2.29. The van der Waals surface area contributed by atoms with Gasteiger partial charge in [-0.25, -0.2) is 4.98 Å². The van der Waals surface area contributed by atoms with E-state index in [1.165, 1.54) is 0 Å². The number of nitrogens with two attached hydrogens (primary N) is 1. The third-order valence-corrected chi connectivity index (χ3v) is 2.42. The van der Waals surface area contributed by atoms with Crippen molar-refractivity contribution in [3.63, 3.8) is 0 Å². The van der Waals surface area contributed by atoms with E-state index in [2.05, 4.69) is 9.97 Å². The van der Waals surface area contributed by atoms with E-state index in [1.807, 2.05) is 0 Å². The van der Waals surface area contributed by atoms with E-state index in [0.29, 0.717) is 0 Å². The summed E-state index contributed by atoms with van der Waals surface area (Å²) in [5.41, 5.74) is 5.84. The minimum absolute atomic E-state index is 0.0131. The van der Waals surface area contributed by atoms with Crippen LogP contribution >= 0.6 is 0 Å². The number of nitrogen functional groups attached to an aromatic ring is 1. The fourth-order valence-electron chi connectivity index (χ4n) is 1.61. The van der Waals surface area contributed by atoms with Gasteiger partial charge in [-0.3, -0.25) is 0 Å². The standard InChI is InChI=1S/C12H19F3N4O/c1-7(2)19(5-12(13,14)15)10-9(16)11(18-6-17-10)20-8(3)4/h6-8H,5,16H2,1-4H3. The maximum atomic E-state index is 12.6. The molecule has 0 saturated heterocycles. The molecule has 0 radical (unpaired) electrons. The van der Waals surface area contributed by atoms with Crippen molar-refractivity contribution in [2.45, 2.75) is 46.0 Å². The Hall–Kier alpha value is -1.73. The molecule has 0 aromatic carbocycles. The zero-order valence-electron chi connectivity index (χ0n) is 11.9. The minimum Gasteiger partial charge on any atom is -0.473 e. The molecule has 20 heavy (non-hydrogen) atoms. The quantitative estimate of drug-likeness (QED) is 0.903. The summed E-state index contributed by atoms with van der Waals surface area (Å²) in [7, 11) is 0. The molecule has 0 fully saturated rings. The Kier molecular flexibility index (Phi) is 5.02. The van der Waals surface area contributed by atoms with Gasteiger partial charge >= 0.3 is 6.18 Å². The Morgan fingerprint density at radius 3 is 2.30 bits per heavy atom. The first-order chi connectivity index (χ1) is 9.11. The van der Waals surface area contributed by atoms with Crippen LogP contribution in [0.15, 0.2) is 6.33 Å². The summed E-state index contributed by atoms with van der Waals surface area (Å²) >= 11 is 0. The van der Waals surface area contributed by atoms with Gasteiger partial charge in [0.05, 0.1) is 6.10 Å². The molecule has 0 saturated carbocycles. The number of alkyl halides is 3. The first-order valence-electron chi connectivity index (χ1n) is 6.22. The van der Waals surface area contributed by atoms with Crippen LogP contribution in [0.3, 0.4) is 0 Å². The number of hydrogen-bond acceptors (Lipinski definition) is 5. The maximum absolute atomic E-state index is 12.6. The summed E-state index contributed by atoms with van der Waals surface area (Å²) in [5.74, 6) is 0.126. The second-order valence-electron chi connectivity index (χ2n) is 4.92. The molecule has 1 aromatic heterocycles. The molecule has 114 valence electrons. The van der Waals surface area contributed by atoms with Crippen LogP contribution in [0.5, 0.6) is 5.88 Å². The highest BCUT2D eigenvalue weighted by molar-refractivity contribution is 5.68. The Labute approximate surface area is 116 Å². The second-order valence-corrected chi connectivity index (χ2v) is 4.92. The van der Waals surface area contributed by atoms with Crippen LogP contribution in [-0.2, 0) is 0 Å². The van der Waals surface area contributed by atoms with E-state index >= 15 is 0 Å². The molecule has 0 aliphatic carbocycles. The van der Waals surface area contributed by atoms with Gasteiger partial charge in [0.2, 0.25) is 5.88 Å². The number of anilines is 2. The molecule has 0 bridgehead atoms. The third-order valence-electron chi connectivity index (χ3n) is 2.42. The molecule has 0 unspecified atom stereocenters. The van der Waals surface area contributed by atoms with Crippen LogP contribution in [0.1, 0.15) is 27.7 Å². The van der Waals surface area contributed by atoms with E-state index < -0.39 is 18.8 Å². The highest BCUT2D eigenvalue weighted by atomic mass is 19.4. The van der Waals surface area contributed by atoms with Crippen LogP contribution in [0.4, 0.5) is 24.7 Å². The fourth-order valence-corrected chi connectivity index (χ4v) is 1.61. The van der Waals surface area contributed by atoms with E-state index in [1.54, 1.807) is 27.7 Å². The molecule has 0 atom stereocenters. The van der Waals surface area contributed by atoms with E-state index in [0.717, 1.165) is 11.2 Å². The highest BCUT2D eigenvalue weighted by Crippen LogP contribution is 2.31. The van der Waals surface area contributed by atoms with E-state index in [-0.39, 0.29) is 23.5 Å². The van der Waals surface area contributed by atoms with Crippen molar-refractivity contribution < 1.29 is 17.9 Å². The Bertz CT molecular complexity index is 449. The average Bonchev–Trinajstić information content (AvgIpc) is 2.27. The van der Waals surface area contributed by atoms with Crippen molar-refractivity contribution >= 4 is 11.5 Å². The Balaban J connectivity index is 3.14. The molecule has 1 rings (SSSR count). The predicted octanol–water partition coefficient (Wildman–Crippen LogP) is 2.62. The number of rotatable bonds is 5. The normalized spacial score (nSPS) is 12.1. The van der Waals surface area contributed by atoms with Gasteiger partial charge in [-0.1, -0.05) is 0 Å². The predicted molar refractivity (Wildman–Crippen MR) is 70.7 cm³/mol. The van der Waals surface area contributed by atoms with Crippen molar-refractivity contribution in [1.82, 2.24) is 9.97 Å². The lowest BCUT2D eigenvalue weighted by Crippen LogP contribution is -2.40. The van der Waals surface area contributed by atoms with Crippen LogP contribution in [0, 0.1) is 0 Å². The summed E-state index contributed by atoms with van der Waals surface area (Å²) in [4.78, 5) is 8.79. The maximum Gasteiger partial charge on any atom is 0.405 e. The molecule has 0 aliphatic rings. The van der Waals surface area contributed by atoms with Crippen LogP contribution < -0.4 is 15.4 Å². The first kappa shape index (κ1) is 16.3. The number of aromatic nitrogens is 2. The van der Waals surface area contributed by atoms with Gasteiger partial charge in [0.1, 0.15) is 18.6 Å². The summed E-state index contributed by atoms with van der Waals surface area (Å²) in [6.07, 6.45) is -3.38.